The van der Waals surface area contributed by atoms with E-state index in [0.717, 1.165) is 56.5 Å². The van der Waals surface area contributed by atoms with Crippen molar-refractivity contribution < 1.29 is 4.74 Å². The highest BCUT2D eigenvalue weighted by Crippen LogP contribution is 2.29. The number of aromatic nitrogens is 2. The molecule has 0 spiro atoms. The molecule has 0 aliphatic carbocycles. The number of likely N-dealkylation sites (tertiary alicyclic amines) is 1. The lowest BCUT2D eigenvalue weighted by molar-refractivity contribution is 0.316. The third kappa shape index (κ3) is 4.00. The summed E-state index contributed by atoms with van der Waals surface area (Å²) in [4.78, 5) is 24.5. The van der Waals surface area contributed by atoms with Gasteiger partial charge in [0.25, 0.3) is 5.56 Å². The third-order valence-corrected chi connectivity index (χ3v) is 5.68. The molecule has 0 bridgehead atoms. The van der Waals surface area contributed by atoms with Gasteiger partial charge in [-0.05, 0) is 38.8 Å². The number of rotatable bonds is 5. The highest BCUT2D eigenvalue weighted by atomic mass is 16.5. The molecule has 4 rings (SSSR count). The monoisotopic (exact) mass is 368 g/mol. The Morgan fingerprint density at radius 2 is 2.04 bits per heavy atom. The molecule has 2 aromatic rings. The first-order chi connectivity index (χ1) is 13.1. The topological polar surface area (TPSA) is 61.5 Å². The molecule has 1 unspecified atom stereocenters. The number of H-pyrrole nitrogens is 1. The van der Waals surface area contributed by atoms with Crippen LogP contribution in [0.4, 0.5) is 5.95 Å². The minimum atomic E-state index is -0.0410. The van der Waals surface area contributed by atoms with Crippen LogP contribution in [0.25, 0.3) is 0 Å². The average molecular weight is 368 g/mol. The van der Waals surface area contributed by atoms with Gasteiger partial charge >= 0.3 is 0 Å². The fourth-order valence-corrected chi connectivity index (χ4v) is 4.24. The molecule has 1 aromatic heterocycles. The van der Waals surface area contributed by atoms with Crippen LogP contribution in [0, 0.1) is 6.92 Å². The van der Waals surface area contributed by atoms with Crippen molar-refractivity contribution in [2.75, 3.05) is 38.2 Å². The molecule has 2 aliphatic heterocycles. The SMILES string of the molecule is COc1ccc(C)cc1CN1CCC(c2cc(=O)[nH]c(N3CCCC3)n2)C1. The maximum absolute atomic E-state index is 12.2. The van der Waals surface area contributed by atoms with Crippen LogP contribution in [0.2, 0.25) is 0 Å². The van der Waals surface area contributed by atoms with Crippen molar-refractivity contribution in [3.8, 4) is 5.75 Å². The van der Waals surface area contributed by atoms with Crippen LogP contribution in [-0.2, 0) is 6.54 Å². The first-order valence-corrected chi connectivity index (χ1v) is 9.84. The third-order valence-electron chi connectivity index (χ3n) is 5.68. The highest BCUT2D eigenvalue weighted by molar-refractivity contribution is 5.37. The van der Waals surface area contributed by atoms with Gasteiger partial charge in [-0.1, -0.05) is 17.7 Å². The lowest BCUT2D eigenvalue weighted by Crippen LogP contribution is -2.25. The molecule has 27 heavy (non-hydrogen) atoms. The molecule has 0 amide bonds. The standard InChI is InChI=1S/C21H28N4O2/c1-15-5-6-19(27-2)17(11-15)14-24-10-7-16(13-24)18-12-20(26)23-21(22-18)25-8-3-4-9-25/h5-6,11-12,16H,3-4,7-10,13-14H2,1-2H3,(H,22,23,26). The van der Waals surface area contributed by atoms with Crippen molar-refractivity contribution in [2.45, 2.75) is 38.6 Å². The van der Waals surface area contributed by atoms with Gasteiger partial charge < -0.3 is 9.64 Å². The number of nitrogens with zero attached hydrogens (tertiary/aromatic N) is 3. The van der Waals surface area contributed by atoms with Crippen molar-refractivity contribution in [3.63, 3.8) is 0 Å². The van der Waals surface area contributed by atoms with Gasteiger partial charge in [0.1, 0.15) is 5.75 Å². The van der Waals surface area contributed by atoms with Crippen LogP contribution in [-0.4, -0.2) is 48.2 Å². The molecule has 2 saturated heterocycles. The first kappa shape index (κ1) is 18.0. The summed E-state index contributed by atoms with van der Waals surface area (Å²) in [6, 6.07) is 8.00. The number of hydrogen-bond acceptors (Lipinski definition) is 5. The Morgan fingerprint density at radius 3 is 2.81 bits per heavy atom. The average Bonchev–Trinajstić information content (AvgIpc) is 3.33. The van der Waals surface area contributed by atoms with Gasteiger partial charge in [-0.3, -0.25) is 14.7 Å². The minimum Gasteiger partial charge on any atom is -0.496 e. The van der Waals surface area contributed by atoms with Crippen LogP contribution in [0.1, 0.15) is 42.0 Å². The normalized spacial score (nSPS) is 20.4. The van der Waals surface area contributed by atoms with E-state index < -0.39 is 0 Å². The number of aromatic amines is 1. The quantitative estimate of drug-likeness (QED) is 0.879. The number of benzene rings is 1. The molecule has 2 aliphatic rings. The van der Waals surface area contributed by atoms with E-state index in [-0.39, 0.29) is 5.56 Å². The molecule has 6 nitrogen and oxygen atoms in total. The predicted molar refractivity (Wildman–Crippen MR) is 107 cm³/mol. The lowest BCUT2D eigenvalue weighted by atomic mass is 10.0. The lowest BCUT2D eigenvalue weighted by Gasteiger charge is -2.19. The summed E-state index contributed by atoms with van der Waals surface area (Å²) in [5.74, 6) is 1.99. The van der Waals surface area contributed by atoms with E-state index in [1.165, 1.54) is 24.0 Å². The van der Waals surface area contributed by atoms with E-state index in [1.54, 1.807) is 13.2 Å². The van der Waals surface area contributed by atoms with Gasteiger partial charge in [-0.2, -0.15) is 0 Å². The second kappa shape index (κ2) is 7.72. The summed E-state index contributed by atoms with van der Waals surface area (Å²) >= 11 is 0. The van der Waals surface area contributed by atoms with Crippen molar-refractivity contribution in [1.82, 2.24) is 14.9 Å². The second-order valence-electron chi connectivity index (χ2n) is 7.72. The molecule has 1 N–H and O–H groups in total. The van der Waals surface area contributed by atoms with E-state index in [2.05, 4.69) is 33.8 Å². The number of aryl methyl sites for hydroxylation is 1. The largest absolute Gasteiger partial charge is 0.496 e. The van der Waals surface area contributed by atoms with Crippen molar-refractivity contribution in [2.24, 2.45) is 0 Å². The summed E-state index contributed by atoms with van der Waals surface area (Å²) in [5, 5.41) is 0. The maximum Gasteiger partial charge on any atom is 0.252 e. The van der Waals surface area contributed by atoms with Gasteiger partial charge in [-0.15, -0.1) is 0 Å². The molecular weight excluding hydrogens is 340 g/mol. The molecule has 0 radical (unpaired) electrons. The van der Waals surface area contributed by atoms with Gasteiger partial charge in [0.15, 0.2) is 0 Å². The van der Waals surface area contributed by atoms with Crippen LogP contribution >= 0.6 is 0 Å². The molecule has 3 heterocycles. The van der Waals surface area contributed by atoms with E-state index in [4.69, 9.17) is 9.72 Å². The van der Waals surface area contributed by atoms with E-state index in [9.17, 15) is 4.79 Å². The smallest absolute Gasteiger partial charge is 0.252 e. The van der Waals surface area contributed by atoms with Gasteiger partial charge in [0.05, 0.1) is 12.8 Å². The second-order valence-corrected chi connectivity index (χ2v) is 7.72. The number of methoxy groups -OCH3 is 1. The Balaban J connectivity index is 1.48. The van der Waals surface area contributed by atoms with Gasteiger partial charge in [0.2, 0.25) is 5.95 Å². The summed E-state index contributed by atoms with van der Waals surface area (Å²) in [5.41, 5.74) is 3.35. The van der Waals surface area contributed by atoms with Crippen molar-refractivity contribution >= 4 is 5.95 Å². The molecule has 144 valence electrons. The molecule has 2 fully saturated rings. The fourth-order valence-electron chi connectivity index (χ4n) is 4.24. The van der Waals surface area contributed by atoms with Crippen LogP contribution in [0.5, 0.6) is 5.75 Å². The zero-order chi connectivity index (χ0) is 18.8. The van der Waals surface area contributed by atoms with Crippen molar-refractivity contribution in [3.05, 3.63) is 51.4 Å². The summed E-state index contributed by atoms with van der Waals surface area (Å²) in [7, 11) is 1.72. The summed E-state index contributed by atoms with van der Waals surface area (Å²) in [6.07, 6.45) is 3.37. The molecule has 6 heteroatoms. The van der Waals surface area contributed by atoms with E-state index in [1.807, 2.05) is 6.07 Å². The zero-order valence-electron chi connectivity index (χ0n) is 16.2. The molecular formula is C21H28N4O2. The van der Waals surface area contributed by atoms with Crippen LogP contribution in [0.3, 0.4) is 0 Å². The summed E-state index contributed by atoms with van der Waals surface area (Å²) < 4.78 is 5.52. The zero-order valence-corrected chi connectivity index (χ0v) is 16.2. The number of anilines is 1. The Morgan fingerprint density at radius 1 is 1.22 bits per heavy atom. The Kier molecular flexibility index (Phi) is 5.16. The molecule has 0 saturated carbocycles. The minimum absolute atomic E-state index is 0.0410. The van der Waals surface area contributed by atoms with Crippen LogP contribution < -0.4 is 15.2 Å². The Hall–Kier alpha value is -2.34. The van der Waals surface area contributed by atoms with E-state index >= 15 is 0 Å². The Labute approximate surface area is 160 Å². The highest BCUT2D eigenvalue weighted by Gasteiger charge is 2.27. The number of nitrogens with one attached hydrogen (secondary N) is 1. The van der Waals surface area contributed by atoms with Crippen molar-refractivity contribution in [1.29, 1.82) is 0 Å². The Bertz CT molecular complexity index is 858. The van der Waals surface area contributed by atoms with Gasteiger partial charge in [-0.25, -0.2) is 4.98 Å². The van der Waals surface area contributed by atoms with Gasteiger partial charge in [0, 0.05) is 43.7 Å². The van der Waals surface area contributed by atoms with E-state index in [0.29, 0.717) is 5.92 Å². The molecule has 1 aromatic carbocycles. The first-order valence-electron chi connectivity index (χ1n) is 9.84. The number of ether oxygens (including phenoxy) is 1. The fraction of sp³-hybridized carbons (Fsp3) is 0.524. The van der Waals surface area contributed by atoms with Crippen LogP contribution in [0.15, 0.2) is 29.1 Å². The maximum atomic E-state index is 12.2. The summed E-state index contributed by atoms with van der Waals surface area (Å²) in [6.45, 7) is 6.87. The predicted octanol–water partition coefficient (Wildman–Crippen LogP) is 2.68. The number of hydrogen-bond donors (Lipinski definition) is 1. The molecule has 1 atom stereocenters.